The number of H-pyrrole nitrogens is 1. The third-order valence-electron chi connectivity index (χ3n) is 3.16. The first-order valence-electron chi connectivity index (χ1n) is 6.11. The first-order chi connectivity index (χ1) is 9.65. The molecule has 0 fully saturated rings. The van der Waals surface area contributed by atoms with E-state index in [9.17, 15) is 4.39 Å². The Labute approximate surface area is 134 Å². The van der Waals surface area contributed by atoms with Gasteiger partial charge in [0.2, 0.25) is 0 Å². The maximum absolute atomic E-state index is 13.7. The van der Waals surface area contributed by atoms with Gasteiger partial charge in [-0.3, -0.25) is 4.98 Å². The molecular formula is C14H11FIN3S. The average Bonchev–Trinajstić information content (AvgIpc) is 2.73. The molecule has 0 aliphatic heterocycles. The fourth-order valence-electron chi connectivity index (χ4n) is 2.16. The van der Waals surface area contributed by atoms with Crippen molar-refractivity contribution in [2.24, 2.45) is 0 Å². The highest BCUT2D eigenvalue weighted by atomic mass is 127. The lowest BCUT2D eigenvalue weighted by Gasteiger charge is -2.05. The Kier molecular flexibility index (Phi) is 3.84. The molecule has 0 aliphatic rings. The second-order valence-electron chi connectivity index (χ2n) is 4.48. The predicted octanol–water partition coefficient (Wildman–Crippen LogP) is 4.08. The molecule has 2 aromatic heterocycles. The number of imidazole rings is 1. The third-order valence-corrected chi connectivity index (χ3v) is 4.31. The number of benzene rings is 1. The molecule has 20 heavy (non-hydrogen) atoms. The average molecular weight is 399 g/mol. The summed E-state index contributed by atoms with van der Waals surface area (Å²) in [5.41, 5.74) is 2.80. The van der Waals surface area contributed by atoms with E-state index in [4.69, 9.17) is 12.2 Å². The summed E-state index contributed by atoms with van der Waals surface area (Å²) in [6.45, 7) is 0.699. The van der Waals surface area contributed by atoms with Crippen molar-refractivity contribution in [2.75, 3.05) is 0 Å². The summed E-state index contributed by atoms with van der Waals surface area (Å²) in [4.78, 5) is 7.21. The summed E-state index contributed by atoms with van der Waals surface area (Å²) in [5, 5.41) is 0. The molecule has 102 valence electrons. The van der Waals surface area contributed by atoms with Crippen LogP contribution in [0.3, 0.4) is 0 Å². The van der Waals surface area contributed by atoms with Crippen LogP contribution < -0.4 is 0 Å². The van der Waals surface area contributed by atoms with Crippen molar-refractivity contribution < 1.29 is 4.39 Å². The van der Waals surface area contributed by atoms with Gasteiger partial charge in [-0.2, -0.15) is 0 Å². The number of hydrogen-bond acceptors (Lipinski definition) is 2. The van der Waals surface area contributed by atoms with Crippen molar-refractivity contribution in [3.63, 3.8) is 0 Å². The van der Waals surface area contributed by atoms with Gasteiger partial charge in [0.1, 0.15) is 5.82 Å². The van der Waals surface area contributed by atoms with Crippen LogP contribution in [0.2, 0.25) is 0 Å². The molecule has 0 saturated carbocycles. The summed E-state index contributed by atoms with van der Waals surface area (Å²) < 4.78 is 16.9. The van der Waals surface area contributed by atoms with Crippen LogP contribution in [0.4, 0.5) is 4.39 Å². The number of nitrogens with zero attached hydrogens (tertiary/aromatic N) is 2. The lowest BCUT2D eigenvalue weighted by Crippen LogP contribution is -2.02. The van der Waals surface area contributed by atoms with E-state index in [0.717, 1.165) is 23.0 Å². The summed E-state index contributed by atoms with van der Waals surface area (Å²) in [7, 11) is 0. The zero-order valence-corrected chi connectivity index (χ0v) is 13.4. The Bertz CT molecular complexity index is 810. The number of rotatable bonds is 3. The molecule has 3 aromatic rings. The standard InChI is InChI=1S/C14H11FIN3S/c15-10-6-13-12(7-11(10)16)18-14(20)19(13)5-3-9-2-1-4-17-8-9/h1-2,4,6-8H,3,5H2,(H,18,20). The van der Waals surface area contributed by atoms with Gasteiger partial charge in [0.05, 0.1) is 14.6 Å². The molecule has 0 spiro atoms. The minimum Gasteiger partial charge on any atom is -0.331 e. The van der Waals surface area contributed by atoms with E-state index in [1.807, 2.05) is 45.5 Å². The van der Waals surface area contributed by atoms with Gasteiger partial charge in [0, 0.05) is 25.0 Å². The molecule has 0 bridgehead atoms. The molecule has 0 amide bonds. The maximum Gasteiger partial charge on any atom is 0.178 e. The second kappa shape index (κ2) is 5.61. The van der Waals surface area contributed by atoms with Crippen molar-refractivity contribution in [3.05, 3.63) is 56.4 Å². The number of aromatic amines is 1. The van der Waals surface area contributed by atoms with Crippen molar-refractivity contribution in [1.82, 2.24) is 14.5 Å². The highest BCUT2D eigenvalue weighted by Gasteiger charge is 2.08. The zero-order valence-electron chi connectivity index (χ0n) is 10.4. The molecule has 6 heteroatoms. The molecule has 0 atom stereocenters. The van der Waals surface area contributed by atoms with Gasteiger partial charge in [-0.05, 0) is 58.9 Å². The molecule has 0 unspecified atom stereocenters. The lowest BCUT2D eigenvalue weighted by molar-refractivity contribution is 0.620. The Morgan fingerprint density at radius 2 is 2.25 bits per heavy atom. The highest BCUT2D eigenvalue weighted by molar-refractivity contribution is 14.1. The molecular weight excluding hydrogens is 388 g/mol. The van der Waals surface area contributed by atoms with E-state index in [2.05, 4.69) is 9.97 Å². The molecule has 3 nitrogen and oxygen atoms in total. The number of hydrogen-bond donors (Lipinski definition) is 1. The summed E-state index contributed by atoms with van der Waals surface area (Å²) in [6, 6.07) is 7.25. The molecule has 0 saturated heterocycles. The number of pyridine rings is 1. The van der Waals surface area contributed by atoms with E-state index in [1.165, 1.54) is 6.07 Å². The SMILES string of the molecule is Fc1cc2c(cc1I)[nH]c(=S)n2CCc1cccnc1. The molecule has 0 aliphatic carbocycles. The van der Waals surface area contributed by atoms with Gasteiger partial charge in [-0.15, -0.1) is 0 Å². The Morgan fingerprint density at radius 3 is 3.00 bits per heavy atom. The first kappa shape index (κ1) is 13.7. The van der Waals surface area contributed by atoms with Crippen molar-refractivity contribution in [2.45, 2.75) is 13.0 Å². The molecule has 2 heterocycles. The Morgan fingerprint density at radius 1 is 1.40 bits per heavy atom. The Balaban J connectivity index is 1.97. The van der Waals surface area contributed by atoms with Crippen LogP contribution in [-0.4, -0.2) is 14.5 Å². The number of aryl methyl sites for hydroxylation is 2. The zero-order chi connectivity index (χ0) is 14.1. The molecule has 0 radical (unpaired) electrons. The minimum atomic E-state index is -0.220. The van der Waals surface area contributed by atoms with Crippen LogP contribution in [0.5, 0.6) is 0 Å². The highest BCUT2D eigenvalue weighted by Crippen LogP contribution is 2.21. The topological polar surface area (TPSA) is 33.6 Å². The summed E-state index contributed by atoms with van der Waals surface area (Å²) in [5.74, 6) is -0.220. The lowest BCUT2D eigenvalue weighted by atomic mass is 10.2. The number of aromatic nitrogens is 3. The first-order valence-corrected chi connectivity index (χ1v) is 7.60. The van der Waals surface area contributed by atoms with Crippen LogP contribution in [0, 0.1) is 14.2 Å². The second-order valence-corrected chi connectivity index (χ2v) is 6.03. The van der Waals surface area contributed by atoms with E-state index in [-0.39, 0.29) is 5.82 Å². The molecule has 1 aromatic carbocycles. The van der Waals surface area contributed by atoms with Crippen LogP contribution in [0.25, 0.3) is 11.0 Å². The van der Waals surface area contributed by atoms with Gasteiger partial charge in [-0.1, -0.05) is 6.07 Å². The van der Waals surface area contributed by atoms with Crippen molar-refractivity contribution >= 4 is 45.8 Å². The largest absolute Gasteiger partial charge is 0.331 e. The third kappa shape index (κ3) is 2.62. The fraction of sp³-hybridized carbons (Fsp3) is 0.143. The maximum atomic E-state index is 13.7. The number of halogens is 2. The van der Waals surface area contributed by atoms with Crippen molar-refractivity contribution in [1.29, 1.82) is 0 Å². The van der Waals surface area contributed by atoms with Crippen LogP contribution >= 0.6 is 34.8 Å². The van der Waals surface area contributed by atoms with Gasteiger partial charge in [0.25, 0.3) is 0 Å². The summed E-state index contributed by atoms with van der Waals surface area (Å²) >= 11 is 7.30. The smallest absolute Gasteiger partial charge is 0.178 e. The van der Waals surface area contributed by atoms with E-state index < -0.39 is 0 Å². The predicted molar refractivity (Wildman–Crippen MR) is 87.7 cm³/mol. The van der Waals surface area contributed by atoms with Crippen LogP contribution in [-0.2, 0) is 13.0 Å². The van der Waals surface area contributed by atoms with Gasteiger partial charge >= 0.3 is 0 Å². The number of nitrogens with one attached hydrogen (secondary N) is 1. The van der Waals surface area contributed by atoms with E-state index in [0.29, 0.717) is 14.9 Å². The van der Waals surface area contributed by atoms with E-state index in [1.54, 1.807) is 12.3 Å². The minimum absolute atomic E-state index is 0.220. The van der Waals surface area contributed by atoms with Gasteiger partial charge < -0.3 is 9.55 Å². The van der Waals surface area contributed by atoms with Crippen molar-refractivity contribution in [3.8, 4) is 0 Å². The van der Waals surface area contributed by atoms with Gasteiger partial charge in [-0.25, -0.2) is 4.39 Å². The monoisotopic (exact) mass is 399 g/mol. The fourth-order valence-corrected chi connectivity index (χ4v) is 2.93. The van der Waals surface area contributed by atoms with E-state index >= 15 is 0 Å². The normalized spacial score (nSPS) is 11.1. The van der Waals surface area contributed by atoms with Crippen LogP contribution in [0.1, 0.15) is 5.56 Å². The summed E-state index contributed by atoms with van der Waals surface area (Å²) in [6.07, 6.45) is 4.39. The van der Waals surface area contributed by atoms with Crippen LogP contribution in [0.15, 0.2) is 36.7 Å². The Hall–Kier alpha value is -1.28. The molecule has 1 N–H and O–H groups in total. The number of fused-ring (bicyclic) bond motifs is 1. The van der Waals surface area contributed by atoms with Gasteiger partial charge in [0.15, 0.2) is 4.77 Å². The molecule has 3 rings (SSSR count). The quantitative estimate of drug-likeness (QED) is 0.532.